The highest BCUT2D eigenvalue weighted by atomic mass is 19.2. The Morgan fingerprint density at radius 2 is 1.88 bits per heavy atom. The second kappa shape index (κ2) is 6.55. The van der Waals surface area contributed by atoms with Crippen LogP contribution in [0.5, 0.6) is 5.75 Å². The van der Waals surface area contributed by atoms with Gasteiger partial charge < -0.3 is 9.84 Å². The van der Waals surface area contributed by atoms with Gasteiger partial charge in [0.2, 0.25) is 11.1 Å². The third kappa shape index (κ3) is 2.90. The zero-order valence-corrected chi connectivity index (χ0v) is 13.9. The number of hydrogen-bond acceptors (Lipinski definition) is 4. The Kier molecular flexibility index (Phi) is 4.41. The molecular formula is C18H14F2N2O4. The molecule has 0 saturated heterocycles. The Balaban J connectivity index is 2.47. The van der Waals surface area contributed by atoms with Crippen LogP contribution in [-0.4, -0.2) is 27.0 Å². The molecule has 6 nitrogen and oxygen atoms in total. The van der Waals surface area contributed by atoms with E-state index in [9.17, 15) is 23.5 Å². The minimum Gasteiger partial charge on any atom is -0.490 e. The lowest BCUT2D eigenvalue weighted by molar-refractivity contribution is 0.0687. The quantitative estimate of drug-likeness (QED) is 0.773. The van der Waals surface area contributed by atoms with Gasteiger partial charge in [-0.25, -0.2) is 18.3 Å². The van der Waals surface area contributed by atoms with Crippen molar-refractivity contribution in [1.82, 2.24) is 9.78 Å². The molecule has 1 N–H and O–H groups in total. The number of halogens is 2. The molecule has 0 radical (unpaired) electrons. The lowest BCUT2D eigenvalue weighted by Gasteiger charge is -2.16. The van der Waals surface area contributed by atoms with E-state index in [4.69, 9.17) is 4.74 Å². The highest BCUT2D eigenvalue weighted by Gasteiger charge is 2.22. The van der Waals surface area contributed by atoms with E-state index in [-0.39, 0.29) is 28.4 Å². The van der Waals surface area contributed by atoms with Crippen LogP contribution in [0.4, 0.5) is 8.78 Å². The third-order valence-electron chi connectivity index (χ3n) is 3.60. The molecule has 0 unspecified atom stereocenters. The second-order valence-electron chi connectivity index (χ2n) is 5.78. The van der Waals surface area contributed by atoms with Crippen LogP contribution < -0.4 is 10.2 Å². The van der Waals surface area contributed by atoms with Crippen molar-refractivity contribution in [2.45, 2.75) is 20.0 Å². The van der Waals surface area contributed by atoms with Crippen LogP contribution in [0, 0.1) is 11.6 Å². The highest BCUT2D eigenvalue weighted by Crippen LogP contribution is 2.26. The molecule has 1 heterocycles. The molecule has 0 saturated carbocycles. The average Bonchev–Trinajstić information content (AvgIpc) is 2.57. The number of nitrogens with zero attached hydrogens (tertiary/aromatic N) is 2. The van der Waals surface area contributed by atoms with Crippen molar-refractivity contribution in [1.29, 1.82) is 0 Å². The summed E-state index contributed by atoms with van der Waals surface area (Å²) in [5.41, 5.74) is -1.90. The number of aromatic nitrogens is 2. The Morgan fingerprint density at radius 1 is 1.19 bits per heavy atom. The predicted molar refractivity (Wildman–Crippen MR) is 90.0 cm³/mol. The van der Waals surface area contributed by atoms with Crippen LogP contribution in [0.25, 0.3) is 16.6 Å². The van der Waals surface area contributed by atoms with E-state index in [2.05, 4.69) is 5.10 Å². The minimum atomic E-state index is -1.58. The molecule has 0 aliphatic heterocycles. The standard InChI is InChI=1S/C18H14F2N2O4/c1-9(2)26-13-8-4-6-11-14(13)17(23)16(18(24)25)21-22(11)12-7-3-5-10(19)15(12)20/h3-9H,1-2H3,(H,24,25). The molecule has 0 aliphatic rings. The Morgan fingerprint density at radius 3 is 2.54 bits per heavy atom. The predicted octanol–water partition coefficient (Wildman–Crippen LogP) is 3.15. The number of hydrogen-bond donors (Lipinski definition) is 1. The van der Waals surface area contributed by atoms with E-state index in [0.717, 1.165) is 10.7 Å². The first kappa shape index (κ1) is 17.5. The van der Waals surface area contributed by atoms with Crippen LogP contribution in [0.3, 0.4) is 0 Å². The molecule has 0 atom stereocenters. The number of carboxylic acid groups (broad SMARTS) is 1. The van der Waals surface area contributed by atoms with E-state index in [1.54, 1.807) is 19.9 Å². The average molecular weight is 360 g/mol. The third-order valence-corrected chi connectivity index (χ3v) is 3.60. The molecule has 0 fully saturated rings. The number of rotatable bonds is 4. The molecule has 2 aromatic carbocycles. The SMILES string of the molecule is CC(C)Oc1cccc2c1c(=O)c(C(=O)O)nn2-c1cccc(F)c1F. The lowest BCUT2D eigenvalue weighted by Crippen LogP contribution is -2.24. The van der Waals surface area contributed by atoms with E-state index in [1.807, 2.05) is 0 Å². The van der Waals surface area contributed by atoms with Gasteiger partial charge in [0, 0.05) is 0 Å². The maximum absolute atomic E-state index is 14.3. The van der Waals surface area contributed by atoms with Gasteiger partial charge in [-0.1, -0.05) is 12.1 Å². The lowest BCUT2D eigenvalue weighted by atomic mass is 10.1. The van der Waals surface area contributed by atoms with Crippen LogP contribution in [-0.2, 0) is 0 Å². The van der Waals surface area contributed by atoms with Gasteiger partial charge in [-0.05, 0) is 38.1 Å². The van der Waals surface area contributed by atoms with Crippen molar-refractivity contribution in [3.05, 3.63) is 63.9 Å². The van der Waals surface area contributed by atoms with Gasteiger partial charge in [-0.15, -0.1) is 0 Å². The fourth-order valence-corrected chi connectivity index (χ4v) is 2.57. The zero-order valence-electron chi connectivity index (χ0n) is 13.9. The number of fused-ring (bicyclic) bond motifs is 1. The van der Waals surface area contributed by atoms with Gasteiger partial charge >= 0.3 is 5.97 Å². The molecular weight excluding hydrogens is 346 g/mol. The van der Waals surface area contributed by atoms with Crippen molar-refractivity contribution in [3.8, 4) is 11.4 Å². The first-order chi connectivity index (χ1) is 12.3. The summed E-state index contributed by atoms with van der Waals surface area (Å²) in [5, 5.41) is 13.0. The number of carboxylic acids is 1. The van der Waals surface area contributed by atoms with E-state index in [1.165, 1.54) is 24.3 Å². The molecule has 3 aromatic rings. The monoisotopic (exact) mass is 360 g/mol. The van der Waals surface area contributed by atoms with Crippen molar-refractivity contribution >= 4 is 16.9 Å². The summed E-state index contributed by atoms with van der Waals surface area (Å²) in [4.78, 5) is 24.1. The summed E-state index contributed by atoms with van der Waals surface area (Å²) in [6, 6.07) is 7.92. The summed E-state index contributed by atoms with van der Waals surface area (Å²) in [5.74, 6) is -3.78. The number of benzene rings is 2. The first-order valence-corrected chi connectivity index (χ1v) is 7.71. The number of aromatic carboxylic acids is 1. The molecule has 0 amide bonds. The van der Waals surface area contributed by atoms with Gasteiger partial charge in [0.1, 0.15) is 11.4 Å². The number of ether oxygens (including phenoxy) is 1. The normalized spacial score (nSPS) is 11.1. The fourth-order valence-electron chi connectivity index (χ4n) is 2.57. The molecule has 1 aromatic heterocycles. The molecule has 3 rings (SSSR count). The van der Waals surface area contributed by atoms with Crippen LogP contribution in [0.15, 0.2) is 41.2 Å². The highest BCUT2D eigenvalue weighted by molar-refractivity contribution is 5.93. The zero-order chi connectivity index (χ0) is 19.0. The van der Waals surface area contributed by atoms with Gasteiger partial charge in [0.25, 0.3) is 0 Å². The van der Waals surface area contributed by atoms with Gasteiger partial charge in [-0.3, -0.25) is 4.79 Å². The summed E-state index contributed by atoms with van der Waals surface area (Å²) in [7, 11) is 0. The molecule has 26 heavy (non-hydrogen) atoms. The van der Waals surface area contributed by atoms with Gasteiger partial charge in [0.05, 0.1) is 17.0 Å². The maximum Gasteiger partial charge on any atom is 0.360 e. The molecule has 0 spiro atoms. The van der Waals surface area contributed by atoms with E-state index >= 15 is 0 Å². The van der Waals surface area contributed by atoms with Gasteiger partial charge in [-0.2, -0.15) is 5.10 Å². The summed E-state index contributed by atoms with van der Waals surface area (Å²) in [6.07, 6.45) is -0.291. The summed E-state index contributed by atoms with van der Waals surface area (Å²) < 4.78 is 34.4. The van der Waals surface area contributed by atoms with Crippen LogP contribution in [0.2, 0.25) is 0 Å². The topological polar surface area (TPSA) is 81.4 Å². The largest absolute Gasteiger partial charge is 0.490 e. The van der Waals surface area contributed by atoms with Crippen LogP contribution >= 0.6 is 0 Å². The Labute approximate surface area is 146 Å². The Bertz CT molecular complexity index is 1080. The molecule has 134 valence electrons. The van der Waals surface area contributed by atoms with E-state index < -0.39 is 28.7 Å². The van der Waals surface area contributed by atoms with Gasteiger partial charge in [0.15, 0.2) is 11.6 Å². The fraction of sp³-hybridized carbons (Fsp3) is 0.167. The smallest absolute Gasteiger partial charge is 0.360 e. The second-order valence-corrected chi connectivity index (χ2v) is 5.78. The first-order valence-electron chi connectivity index (χ1n) is 7.71. The Hall–Kier alpha value is -3.29. The van der Waals surface area contributed by atoms with Crippen molar-refractivity contribution in [2.75, 3.05) is 0 Å². The van der Waals surface area contributed by atoms with Crippen molar-refractivity contribution < 1.29 is 23.4 Å². The molecule has 8 heteroatoms. The summed E-state index contributed by atoms with van der Waals surface area (Å²) in [6.45, 7) is 3.48. The molecule has 0 bridgehead atoms. The maximum atomic E-state index is 14.3. The van der Waals surface area contributed by atoms with E-state index in [0.29, 0.717) is 0 Å². The minimum absolute atomic E-state index is 0.0720. The number of carbonyl (C=O) groups is 1. The van der Waals surface area contributed by atoms with Crippen molar-refractivity contribution in [3.63, 3.8) is 0 Å². The van der Waals surface area contributed by atoms with Crippen LogP contribution in [0.1, 0.15) is 24.3 Å². The molecule has 0 aliphatic carbocycles. The summed E-state index contributed by atoms with van der Waals surface area (Å²) >= 11 is 0. The van der Waals surface area contributed by atoms with Crippen molar-refractivity contribution in [2.24, 2.45) is 0 Å².